The predicted octanol–water partition coefficient (Wildman–Crippen LogP) is 3.99. The first-order valence-electron chi connectivity index (χ1n) is 7.40. The van der Waals surface area contributed by atoms with Crippen LogP contribution in [0.5, 0.6) is 5.75 Å². The molecule has 0 spiro atoms. The van der Waals surface area contributed by atoms with Crippen LogP contribution in [0.15, 0.2) is 59.3 Å². The van der Waals surface area contributed by atoms with Crippen LogP contribution in [0.3, 0.4) is 0 Å². The van der Waals surface area contributed by atoms with Gasteiger partial charge in [0.1, 0.15) is 17.6 Å². The lowest BCUT2D eigenvalue weighted by Gasteiger charge is -2.13. The fraction of sp³-hybridized carbons (Fsp3) is 0.111. The van der Waals surface area contributed by atoms with E-state index >= 15 is 0 Å². The highest BCUT2D eigenvalue weighted by atomic mass is 16.5. The van der Waals surface area contributed by atoms with E-state index in [-0.39, 0.29) is 5.91 Å². The lowest BCUT2D eigenvalue weighted by Crippen LogP contribution is -2.13. The normalized spacial score (nSPS) is 10.2. The van der Waals surface area contributed by atoms with Crippen LogP contribution in [-0.4, -0.2) is 18.2 Å². The summed E-state index contributed by atoms with van der Waals surface area (Å²) >= 11 is 0. The number of methoxy groups -OCH3 is 1. The lowest BCUT2D eigenvalue weighted by molar-refractivity contribution is 0.102. The molecule has 3 rings (SSSR count). The Kier molecular flexibility index (Phi) is 4.47. The highest BCUT2D eigenvalue weighted by Crippen LogP contribution is 2.27. The van der Waals surface area contributed by atoms with Crippen molar-refractivity contribution in [2.24, 2.45) is 0 Å². The summed E-state index contributed by atoms with van der Waals surface area (Å²) in [4.78, 5) is 12.3. The Hall–Kier alpha value is -3.28. The van der Waals surface area contributed by atoms with Crippen molar-refractivity contribution in [2.45, 2.75) is 6.92 Å². The van der Waals surface area contributed by atoms with E-state index in [1.165, 1.54) is 6.26 Å². The molecule has 0 fully saturated rings. The first-order chi connectivity index (χ1) is 11.7. The Labute approximate surface area is 139 Å². The number of aromatic nitrogens is 1. The van der Waals surface area contributed by atoms with Gasteiger partial charge in [-0.05, 0) is 43.3 Å². The molecule has 1 amide bonds. The number of rotatable bonds is 5. The summed E-state index contributed by atoms with van der Waals surface area (Å²) in [5.74, 6) is 0.516. The van der Waals surface area contributed by atoms with E-state index < -0.39 is 0 Å². The molecule has 0 bridgehead atoms. The van der Waals surface area contributed by atoms with Crippen LogP contribution < -0.4 is 15.4 Å². The largest absolute Gasteiger partial charge is 0.497 e. The van der Waals surface area contributed by atoms with Crippen molar-refractivity contribution >= 4 is 23.0 Å². The van der Waals surface area contributed by atoms with E-state index in [0.717, 1.165) is 17.1 Å². The second-order valence-electron chi connectivity index (χ2n) is 5.17. The van der Waals surface area contributed by atoms with Gasteiger partial charge in [-0.1, -0.05) is 17.3 Å². The maximum absolute atomic E-state index is 12.3. The molecule has 0 radical (unpaired) electrons. The van der Waals surface area contributed by atoms with E-state index in [1.807, 2.05) is 48.5 Å². The van der Waals surface area contributed by atoms with Crippen molar-refractivity contribution in [3.05, 3.63) is 66.1 Å². The van der Waals surface area contributed by atoms with Gasteiger partial charge in [0.15, 0.2) is 0 Å². The number of nitrogens with zero attached hydrogens (tertiary/aromatic N) is 1. The number of amides is 1. The zero-order chi connectivity index (χ0) is 16.9. The van der Waals surface area contributed by atoms with Crippen molar-refractivity contribution in [2.75, 3.05) is 17.7 Å². The maximum Gasteiger partial charge on any atom is 0.260 e. The van der Waals surface area contributed by atoms with E-state index in [9.17, 15) is 4.79 Å². The Morgan fingerprint density at radius 3 is 2.42 bits per heavy atom. The average Bonchev–Trinajstić information content (AvgIpc) is 3.03. The first-order valence-corrected chi connectivity index (χ1v) is 7.40. The van der Waals surface area contributed by atoms with Crippen LogP contribution in [0.2, 0.25) is 0 Å². The van der Waals surface area contributed by atoms with Crippen LogP contribution >= 0.6 is 0 Å². The number of nitrogens with one attached hydrogen (secondary N) is 2. The van der Waals surface area contributed by atoms with Crippen molar-refractivity contribution < 1.29 is 14.1 Å². The van der Waals surface area contributed by atoms with Crippen LogP contribution in [0.1, 0.15) is 16.1 Å². The Morgan fingerprint density at radius 1 is 1.08 bits per heavy atom. The van der Waals surface area contributed by atoms with Crippen LogP contribution in [0.25, 0.3) is 0 Å². The number of hydrogen-bond donors (Lipinski definition) is 2. The topological polar surface area (TPSA) is 76.4 Å². The zero-order valence-electron chi connectivity index (χ0n) is 13.4. The molecule has 0 aliphatic heterocycles. The number of anilines is 3. The molecular formula is C18H17N3O3. The van der Waals surface area contributed by atoms with Gasteiger partial charge < -0.3 is 19.9 Å². The van der Waals surface area contributed by atoms with Gasteiger partial charge in [0.2, 0.25) is 0 Å². The molecule has 3 aromatic rings. The molecule has 6 heteroatoms. The molecule has 6 nitrogen and oxygen atoms in total. The summed E-state index contributed by atoms with van der Waals surface area (Å²) in [6.07, 6.45) is 1.34. The molecule has 2 aromatic carbocycles. The molecule has 2 N–H and O–H groups in total. The number of ether oxygens (including phenoxy) is 1. The number of para-hydroxylation sites is 2. The van der Waals surface area contributed by atoms with Crippen molar-refractivity contribution in [3.63, 3.8) is 0 Å². The number of carbonyl (C=O) groups excluding carboxylic acids is 1. The minimum atomic E-state index is -0.266. The third-order valence-corrected chi connectivity index (χ3v) is 3.54. The van der Waals surface area contributed by atoms with Crippen LogP contribution in [0.4, 0.5) is 17.1 Å². The van der Waals surface area contributed by atoms with Crippen LogP contribution in [-0.2, 0) is 0 Å². The Morgan fingerprint density at radius 2 is 1.79 bits per heavy atom. The summed E-state index contributed by atoms with van der Waals surface area (Å²) in [5, 5.41) is 9.87. The molecule has 24 heavy (non-hydrogen) atoms. The third kappa shape index (κ3) is 3.38. The van der Waals surface area contributed by atoms with Gasteiger partial charge in [-0.2, -0.15) is 0 Å². The molecule has 1 aromatic heterocycles. The van der Waals surface area contributed by atoms with Crippen molar-refractivity contribution in [1.82, 2.24) is 5.16 Å². The van der Waals surface area contributed by atoms with Gasteiger partial charge in [0.25, 0.3) is 5.91 Å². The van der Waals surface area contributed by atoms with Gasteiger partial charge in [0.05, 0.1) is 24.2 Å². The number of carbonyl (C=O) groups is 1. The summed E-state index contributed by atoms with van der Waals surface area (Å²) in [6, 6.07) is 15.0. The van der Waals surface area contributed by atoms with Gasteiger partial charge in [0, 0.05) is 5.69 Å². The number of benzene rings is 2. The van der Waals surface area contributed by atoms with E-state index in [2.05, 4.69) is 15.8 Å². The Balaban J connectivity index is 1.80. The van der Waals surface area contributed by atoms with Gasteiger partial charge in [-0.15, -0.1) is 0 Å². The SMILES string of the molecule is COc1ccc(Nc2ccccc2NC(=O)c2conc2C)cc1. The number of aryl methyl sites for hydroxylation is 1. The van der Waals surface area contributed by atoms with Crippen molar-refractivity contribution in [1.29, 1.82) is 0 Å². The molecule has 0 aliphatic rings. The minimum absolute atomic E-state index is 0.266. The van der Waals surface area contributed by atoms with Gasteiger partial charge in [-0.25, -0.2) is 0 Å². The highest BCUT2D eigenvalue weighted by Gasteiger charge is 2.14. The van der Waals surface area contributed by atoms with Crippen LogP contribution in [0, 0.1) is 6.92 Å². The molecule has 0 saturated heterocycles. The summed E-state index contributed by atoms with van der Waals surface area (Å²) < 4.78 is 9.96. The van der Waals surface area contributed by atoms with E-state index in [4.69, 9.17) is 9.26 Å². The molecule has 0 saturated carbocycles. The standard InChI is InChI=1S/C18H17N3O3/c1-12-15(11-24-21-12)18(22)20-17-6-4-3-5-16(17)19-13-7-9-14(23-2)10-8-13/h3-11,19H,1-2H3,(H,20,22). The third-order valence-electron chi connectivity index (χ3n) is 3.54. The average molecular weight is 323 g/mol. The fourth-order valence-electron chi connectivity index (χ4n) is 2.23. The lowest BCUT2D eigenvalue weighted by atomic mass is 10.2. The Bertz CT molecular complexity index is 841. The molecular weight excluding hydrogens is 306 g/mol. The monoisotopic (exact) mass is 323 g/mol. The molecule has 1 heterocycles. The van der Waals surface area contributed by atoms with Crippen molar-refractivity contribution in [3.8, 4) is 5.75 Å². The smallest absolute Gasteiger partial charge is 0.260 e. The van der Waals surface area contributed by atoms with Gasteiger partial charge >= 0.3 is 0 Å². The number of hydrogen-bond acceptors (Lipinski definition) is 5. The summed E-state index contributed by atoms with van der Waals surface area (Å²) in [5.41, 5.74) is 3.30. The van der Waals surface area contributed by atoms with E-state index in [1.54, 1.807) is 14.0 Å². The second-order valence-corrected chi connectivity index (χ2v) is 5.17. The first kappa shape index (κ1) is 15.6. The fourth-order valence-corrected chi connectivity index (χ4v) is 2.23. The molecule has 0 atom stereocenters. The summed E-state index contributed by atoms with van der Waals surface area (Å²) in [7, 11) is 1.62. The highest BCUT2D eigenvalue weighted by molar-refractivity contribution is 6.06. The van der Waals surface area contributed by atoms with E-state index in [0.29, 0.717) is 16.9 Å². The minimum Gasteiger partial charge on any atom is -0.497 e. The predicted molar refractivity (Wildman–Crippen MR) is 91.9 cm³/mol. The molecule has 0 unspecified atom stereocenters. The summed E-state index contributed by atoms with van der Waals surface area (Å²) in [6.45, 7) is 1.72. The molecule has 122 valence electrons. The maximum atomic E-state index is 12.3. The zero-order valence-corrected chi connectivity index (χ0v) is 13.4. The second kappa shape index (κ2) is 6.87. The molecule has 0 aliphatic carbocycles. The quantitative estimate of drug-likeness (QED) is 0.742. The van der Waals surface area contributed by atoms with Gasteiger partial charge in [-0.3, -0.25) is 4.79 Å².